The van der Waals surface area contributed by atoms with Gasteiger partial charge in [-0.25, -0.2) is 0 Å². The van der Waals surface area contributed by atoms with Crippen molar-refractivity contribution in [3.63, 3.8) is 0 Å². The monoisotopic (exact) mass is 756 g/mol. The highest BCUT2D eigenvalue weighted by molar-refractivity contribution is 5.70. The van der Waals surface area contributed by atoms with Gasteiger partial charge in [-0.2, -0.15) is 0 Å². The molecule has 0 aromatic heterocycles. The molecule has 6 rings (SSSR count). The Morgan fingerprint density at radius 3 is 1.52 bits per heavy atom. The zero-order chi connectivity index (χ0) is 38.3. The number of ether oxygens (including phenoxy) is 3. The highest BCUT2D eigenvalue weighted by Gasteiger charge is 3.04. The molecule has 7 heteroatoms. The molecule has 0 N–H and O–H groups in total. The number of nitrogens with zero attached hydrogens (tertiary/aromatic N) is 1. The fraction of sp³-hybridized carbons (Fsp3) is 0.936. The average molecular weight is 756 g/mol. The maximum atomic E-state index is 12.6. The Balaban J connectivity index is 0.858. The summed E-state index contributed by atoms with van der Waals surface area (Å²) >= 11 is 0. The van der Waals surface area contributed by atoms with Crippen LogP contribution in [0.15, 0.2) is 0 Å². The second-order valence-corrected chi connectivity index (χ2v) is 18.9. The minimum absolute atomic E-state index is 0.0101. The van der Waals surface area contributed by atoms with Crippen molar-refractivity contribution in [2.45, 2.75) is 193 Å². The van der Waals surface area contributed by atoms with Gasteiger partial charge < -0.3 is 19.1 Å². The predicted molar refractivity (Wildman–Crippen MR) is 217 cm³/mol. The van der Waals surface area contributed by atoms with Crippen LogP contribution in [0.2, 0.25) is 0 Å². The first-order valence-corrected chi connectivity index (χ1v) is 23.5. The van der Waals surface area contributed by atoms with Crippen LogP contribution in [0.4, 0.5) is 0 Å². The molecule has 0 saturated heterocycles. The topological polar surface area (TPSA) is 82.1 Å². The summed E-state index contributed by atoms with van der Waals surface area (Å²) in [5.41, 5.74) is 0.469. The lowest BCUT2D eigenvalue weighted by Gasteiger charge is -3.07. The van der Waals surface area contributed by atoms with Crippen molar-refractivity contribution >= 4 is 17.9 Å². The molecule has 6 saturated carbocycles. The van der Waals surface area contributed by atoms with E-state index in [0.717, 1.165) is 144 Å². The first kappa shape index (κ1) is 43.5. The minimum Gasteiger partial charge on any atom is -0.466 e. The van der Waals surface area contributed by atoms with Crippen molar-refractivity contribution in [3.05, 3.63) is 0 Å². The van der Waals surface area contributed by atoms with E-state index in [-0.39, 0.29) is 24.0 Å². The third-order valence-corrected chi connectivity index (χ3v) is 15.0. The van der Waals surface area contributed by atoms with E-state index < -0.39 is 0 Å². The maximum absolute atomic E-state index is 12.6. The second-order valence-electron chi connectivity index (χ2n) is 18.9. The summed E-state index contributed by atoms with van der Waals surface area (Å²) in [5.74, 6) is 7.71. The van der Waals surface area contributed by atoms with Gasteiger partial charge in [-0.1, -0.05) is 117 Å². The number of hydrogen-bond donors (Lipinski definition) is 0. The van der Waals surface area contributed by atoms with Crippen molar-refractivity contribution in [2.75, 3.05) is 33.9 Å². The van der Waals surface area contributed by atoms with Crippen LogP contribution >= 0.6 is 0 Å². The molecule has 0 bridgehead atoms. The Labute approximate surface area is 330 Å². The zero-order valence-electron chi connectivity index (χ0n) is 35.3. The molecule has 0 amide bonds. The molecule has 0 spiro atoms. The molecule has 1 atom stereocenters. The molecule has 6 fully saturated rings. The lowest BCUT2D eigenvalue weighted by molar-refractivity contribution is -0.617. The fourth-order valence-corrected chi connectivity index (χ4v) is 12.2. The summed E-state index contributed by atoms with van der Waals surface area (Å²) in [6.45, 7) is 6.73. The van der Waals surface area contributed by atoms with Crippen molar-refractivity contribution < 1.29 is 28.6 Å². The van der Waals surface area contributed by atoms with Gasteiger partial charge in [-0.3, -0.25) is 14.4 Å². The molecule has 0 aliphatic heterocycles. The van der Waals surface area contributed by atoms with E-state index in [4.69, 9.17) is 14.2 Å². The van der Waals surface area contributed by atoms with Crippen LogP contribution in [0.3, 0.4) is 0 Å². The van der Waals surface area contributed by atoms with Gasteiger partial charge in [0.05, 0.1) is 13.2 Å². The summed E-state index contributed by atoms with van der Waals surface area (Å²) in [7, 11) is 4.07. The summed E-state index contributed by atoms with van der Waals surface area (Å²) < 4.78 is 17.5. The standard InChI is InChI=1S/C47H81NO6/c1-5-7-9-17-24-35(25-18-10-8-6-2)31-33-52-37(49)28-21-15-11-13-19-26-36(54-39(51)30-23-32-48(3)4)27-20-14-12-16-22-29-38(50)53-34-47-44-41-40-42(44)46(47)43(40)45(41)47/h35-36,40-46H,5-34H2,1-4H3. The number of rotatable bonds is 36. The Bertz CT molecular complexity index is 1070. The van der Waals surface area contributed by atoms with Gasteiger partial charge >= 0.3 is 17.9 Å². The largest absolute Gasteiger partial charge is 0.466 e. The highest BCUT2D eigenvalue weighted by Crippen LogP contribution is 3.05. The van der Waals surface area contributed by atoms with Crippen LogP contribution in [0.1, 0.15) is 187 Å². The number of carbonyl (C=O) groups is 3. The van der Waals surface area contributed by atoms with E-state index in [9.17, 15) is 14.4 Å². The predicted octanol–water partition coefficient (Wildman–Crippen LogP) is 11.1. The molecule has 54 heavy (non-hydrogen) atoms. The minimum atomic E-state index is -0.0662. The fourth-order valence-electron chi connectivity index (χ4n) is 12.2. The summed E-state index contributed by atoms with van der Waals surface area (Å²) in [6, 6.07) is 0. The quantitative estimate of drug-likeness (QED) is 0.0358. The van der Waals surface area contributed by atoms with Crippen molar-refractivity contribution in [2.24, 2.45) is 52.8 Å². The summed E-state index contributed by atoms with van der Waals surface area (Å²) in [4.78, 5) is 39.6. The molecule has 310 valence electrons. The smallest absolute Gasteiger partial charge is 0.306 e. The van der Waals surface area contributed by atoms with Gasteiger partial charge in [0.25, 0.3) is 0 Å². The molecule has 1 unspecified atom stereocenters. The third kappa shape index (κ3) is 10.9. The van der Waals surface area contributed by atoms with E-state index in [0.29, 0.717) is 37.2 Å². The number of hydrogen-bond acceptors (Lipinski definition) is 7. The van der Waals surface area contributed by atoms with Gasteiger partial charge in [0.2, 0.25) is 0 Å². The van der Waals surface area contributed by atoms with E-state index in [2.05, 4.69) is 18.7 Å². The molecule has 0 aromatic carbocycles. The Kier molecular flexibility index (Phi) is 18.0. The van der Waals surface area contributed by atoms with Crippen LogP contribution in [-0.2, 0) is 28.6 Å². The Morgan fingerprint density at radius 1 is 0.519 bits per heavy atom. The second kappa shape index (κ2) is 22.3. The van der Waals surface area contributed by atoms with Gasteiger partial charge in [0.15, 0.2) is 0 Å². The molecule has 7 nitrogen and oxygen atoms in total. The lowest BCUT2D eigenvalue weighted by Crippen LogP contribution is -3.06. The van der Waals surface area contributed by atoms with Gasteiger partial charge in [-0.15, -0.1) is 0 Å². The molecule has 0 heterocycles. The van der Waals surface area contributed by atoms with Crippen LogP contribution in [-0.4, -0.2) is 62.8 Å². The SMILES string of the molecule is CCCCCCC(CCCCCC)CCOC(=O)CCCCCCCC(CCCCCCCC(=O)OCC12C3C4C5C3C1C5C42)OC(=O)CCCN(C)C. The van der Waals surface area contributed by atoms with E-state index >= 15 is 0 Å². The van der Waals surface area contributed by atoms with Gasteiger partial charge in [0.1, 0.15) is 6.10 Å². The van der Waals surface area contributed by atoms with Gasteiger partial charge in [-0.05, 0) is 119 Å². The van der Waals surface area contributed by atoms with Gasteiger partial charge in [0, 0.05) is 24.7 Å². The Morgan fingerprint density at radius 2 is 0.981 bits per heavy atom. The molecule has 0 aromatic rings. The van der Waals surface area contributed by atoms with Crippen molar-refractivity contribution in [3.8, 4) is 0 Å². The average Bonchev–Trinajstić information content (AvgIpc) is 3.16. The van der Waals surface area contributed by atoms with E-state index in [1.54, 1.807) is 0 Å². The molecule has 6 aliphatic carbocycles. The first-order chi connectivity index (χ1) is 26.3. The third-order valence-electron chi connectivity index (χ3n) is 15.0. The number of esters is 3. The molecule has 0 radical (unpaired) electrons. The Hall–Kier alpha value is -1.63. The van der Waals surface area contributed by atoms with Crippen LogP contribution < -0.4 is 0 Å². The van der Waals surface area contributed by atoms with Crippen LogP contribution in [0.5, 0.6) is 0 Å². The molecular weight excluding hydrogens is 675 g/mol. The summed E-state index contributed by atoms with van der Waals surface area (Å²) in [5, 5.41) is 0. The number of unbranched alkanes of at least 4 members (excludes halogenated alkanes) is 14. The van der Waals surface area contributed by atoms with Crippen LogP contribution in [0.25, 0.3) is 0 Å². The van der Waals surface area contributed by atoms with E-state index in [1.807, 2.05) is 14.1 Å². The first-order valence-electron chi connectivity index (χ1n) is 23.5. The number of carbonyl (C=O) groups excluding carboxylic acids is 3. The lowest BCUT2D eigenvalue weighted by atomic mass is 8.97. The zero-order valence-corrected chi connectivity index (χ0v) is 35.3. The van der Waals surface area contributed by atoms with Crippen molar-refractivity contribution in [1.82, 2.24) is 4.90 Å². The van der Waals surface area contributed by atoms with Crippen molar-refractivity contribution in [1.29, 1.82) is 0 Å². The summed E-state index contributed by atoms with van der Waals surface area (Å²) in [6.07, 6.45) is 28.7. The maximum Gasteiger partial charge on any atom is 0.306 e. The highest BCUT2D eigenvalue weighted by atomic mass is 16.5. The van der Waals surface area contributed by atoms with Crippen LogP contribution in [0, 0.1) is 52.8 Å². The normalized spacial score (nSPS) is 28.0. The molecule has 6 aliphatic rings. The molecular formula is C47H81NO6. The van der Waals surface area contributed by atoms with E-state index in [1.165, 1.54) is 64.2 Å².